The first-order valence-corrected chi connectivity index (χ1v) is 8.32. The van der Waals surface area contributed by atoms with Crippen LogP contribution in [-0.4, -0.2) is 39.2 Å². The molecule has 1 fully saturated rings. The van der Waals surface area contributed by atoms with Crippen LogP contribution in [-0.2, 0) is 0 Å². The van der Waals surface area contributed by atoms with Gasteiger partial charge in [0.15, 0.2) is 0 Å². The van der Waals surface area contributed by atoms with Crippen LogP contribution in [0.5, 0.6) is 0 Å². The van der Waals surface area contributed by atoms with Crippen LogP contribution in [0.1, 0.15) is 40.8 Å². The Balaban J connectivity index is 1.51. The molecule has 4 rings (SSSR count). The van der Waals surface area contributed by atoms with Gasteiger partial charge in [0.1, 0.15) is 11.3 Å². The summed E-state index contributed by atoms with van der Waals surface area (Å²) in [4.78, 5) is 19.0. The summed E-state index contributed by atoms with van der Waals surface area (Å²) in [7, 11) is 0. The van der Waals surface area contributed by atoms with Crippen LogP contribution in [0.4, 0.5) is 0 Å². The Morgan fingerprint density at radius 2 is 2.08 bits per heavy atom. The van der Waals surface area contributed by atoms with Gasteiger partial charge < -0.3 is 13.9 Å². The van der Waals surface area contributed by atoms with E-state index in [1.807, 2.05) is 30.3 Å². The Morgan fingerprint density at radius 3 is 2.84 bits per heavy atom. The third-order valence-corrected chi connectivity index (χ3v) is 4.51. The van der Waals surface area contributed by atoms with Gasteiger partial charge in [-0.15, -0.1) is 0 Å². The molecule has 0 spiro atoms. The molecular weight excluding hydrogens is 320 g/mol. The van der Waals surface area contributed by atoms with E-state index < -0.39 is 0 Å². The number of likely N-dealkylation sites (tertiary alicyclic amines) is 1. The van der Waals surface area contributed by atoms with Gasteiger partial charge in [-0.05, 0) is 19.8 Å². The van der Waals surface area contributed by atoms with Crippen LogP contribution >= 0.6 is 0 Å². The van der Waals surface area contributed by atoms with Gasteiger partial charge in [0, 0.05) is 18.7 Å². The van der Waals surface area contributed by atoms with E-state index in [1.54, 1.807) is 11.8 Å². The van der Waals surface area contributed by atoms with Gasteiger partial charge in [0.2, 0.25) is 11.7 Å². The minimum atomic E-state index is -0.0637. The van der Waals surface area contributed by atoms with E-state index in [2.05, 4.69) is 15.3 Å². The lowest BCUT2D eigenvalue weighted by Gasteiger charge is -2.30. The standard InChI is InChI=1S/C18H18N4O3/c1-12-15(10-19-24-12)18(23)22-9-5-8-14(11-22)17-20-16(21-25-17)13-6-3-2-4-7-13/h2-4,6-7,10,14H,5,8-9,11H2,1H3. The molecule has 0 aliphatic carbocycles. The molecule has 1 aliphatic rings. The molecule has 3 heterocycles. The first-order chi connectivity index (χ1) is 12.2. The Kier molecular flexibility index (Phi) is 4.05. The fraction of sp³-hybridized carbons (Fsp3) is 0.333. The van der Waals surface area contributed by atoms with Crippen molar-refractivity contribution < 1.29 is 13.8 Å². The fourth-order valence-corrected chi connectivity index (χ4v) is 3.14. The van der Waals surface area contributed by atoms with E-state index in [1.165, 1.54) is 6.20 Å². The summed E-state index contributed by atoms with van der Waals surface area (Å²) in [5, 5.41) is 7.77. The molecule has 0 bridgehead atoms. The summed E-state index contributed by atoms with van der Waals surface area (Å²) in [6.45, 7) is 3.01. The molecule has 7 heteroatoms. The number of piperidine rings is 1. The van der Waals surface area contributed by atoms with E-state index in [4.69, 9.17) is 9.05 Å². The highest BCUT2D eigenvalue weighted by Crippen LogP contribution is 2.28. The summed E-state index contributed by atoms with van der Waals surface area (Å²) in [6, 6.07) is 9.71. The molecule has 1 atom stereocenters. The van der Waals surface area contributed by atoms with Crippen molar-refractivity contribution in [2.24, 2.45) is 0 Å². The average Bonchev–Trinajstić information content (AvgIpc) is 3.31. The maximum atomic E-state index is 12.6. The number of rotatable bonds is 3. The summed E-state index contributed by atoms with van der Waals surface area (Å²) >= 11 is 0. The van der Waals surface area contributed by atoms with Crippen molar-refractivity contribution in [2.45, 2.75) is 25.7 Å². The molecule has 7 nitrogen and oxygen atoms in total. The van der Waals surface area contributed by atoms with Gasteiger partial charge in [-0.1, -0.05) is 40.6 Å². The minimum Gasteiger partial charge on any atom is -0.361 e. The summed E-state index contributed by atoms with van der Waals surface area (Å²) in [5.41, 5.74) is 1.43. The maximum Gasteiger partial charge on any atom is 0.259 e. The van der Waals surface area contributed by atoms with E-state index in [9.17, 15) is 4.79 Å². The number of hydrogen-bond donors (Lipinski definition) is 0. The highest BCUT2D eigenvalue weighted by molar-refractivity contribution is 5.94. The second-order valence-corrected chi connectivity index (χ2v) is 6.21. The van der Waals surface area contributed by atoms with Gasteiger partial charge in [-0.3, -0.25) is 4.79 Å². The third kappa shape index (κ3) is 3.05. The smallest absolute Gasteiger partial charge is 0.259 e. The van der Waals surface area contributed by atoms with Gasteiger partial charge in [-0.25, -0.2) is 0 Å². The quantitative estimate of drug-likeness (QED) is 0.729. The number of amides is 1. The number of nitrogens with zero attached hydrogens (tertiary/aromatic N) is 4. The number of hydrogen-bond acceptors (Lipinski definition) is 6. The monoisotopic (exact) mass is 338 g/mol. The topological polar surface area (TPSA) is 85.3 Å². The second kappa shape index (κ2) is 6.51. The summed E-state index contributed by atoms with van der Waals surface area (Å²) in [6.07, 6.45) is 3.29. The predicted molar refractivity (Wildman–Crippen MR) is 88.9 cm³/mol. The Morgan fingerprint density at radius 1 is 1.24 bits per heavy atom. The molecule has 1 aliphatic heterocycles. The number of aromatic nitrogens is 3. The molecule has 0 N–H and O–H groups in total. The van der Waals surface area contributed by atoms with E-state index >= 15 is 0 Å². The van der Waals surface area contributed by atoms with Gasteiger partial charge >= 0.3 is 0 Å². The molecule has 3 aromatic rings. The highest BCUT2D eigenvalue weighted by Gasteiger charge is 2.30. The largest absolute Gasteiger partial charge is 0.361 e. The number of carbonyl (C=O) groups is 1. The molecule has 0 radical (unpaired) electrons. The van der Waals surface area contributed by atoms with Crippen molar-refractivity contribution in [1.82, 2.24) is 20.2 Å². The van der Waals surface area contributed by atoms with Crippen molar-refractivity contribution in [2.75, 3.05) is 13.1 Å². The SMILES string of the molecule is Cc1oncc1C(=O)N1CCCC(c2nc(-c3ccccc3)no2)C1. The zero-order valence-electron chi connectivity index (χ0n) is 13.9. The highest BCUT2D eigenvalue weighted by atomic mass is 16.5. The van der Waals surface area contributed by atoms with E-state index in [-0.39, 0.29) is 11.8 Å². The number of aryl methyl sites for hydroxylation is 1. The Labute approximate surface area is 144 Å². The second-order valence-electron chi connectivity index (χ2n) is 6.21. The molecule has 1 unspecified atom stereocenters. The van der Waals surface area contributed by atoms with Gasteiger partial charge in [0.05, 0.1) is 12.1 Å². The van der Waals surface area contributed by atoms with Gasteiger partial charge in [-0.2, -0.15) is 4.98 Å². The van der Waals surface area contributed by atoms with Crippen LogP contribution < -0.4 is 0 Å². The molecule has 0 saturated carbocycles. The number of carbonyl (C=O) groups excluding carboxylic acids is 1. The molecule has 2 aromatic heterocycles. The van der Waals surface area contributed by atoms with Crippen molar-refractivity contribution in [3.8, 4) is 11.4 Å². The molecule has 25 heavy (non-hydrogen) atoms. The lowest BCUT2D eigenvalue weighted by molar-refractivity contribution is 0.0694. The van der Waals surface area contributed by atoms with Crippen molar-refractivity contribution in [3.63, 3.8) is 0 Å². The normalized spacial score (nSPS) is 17.6. The van der Waals surface area contributed by atoms with Crippen LogP contribution in [0.25, 0.3) is 11.4 Å². The summed E-state index contributed by atoms with van der Waals surface area (Å²) < 4.78 is 10.5. The lowest BCUT2D eigenvalue weighted by Crippen LogP contribution is -2.39. The number of benzene rings is 1. The van der Waals surface area contributed by atoms with E-state index in [0.717, 1.165) is 18.4 Å². The first kappa shape index (κ1) is 15.6. The molecule has 1 saturated heterocycles. The molecule has 1 aromatic carbocycles. The summed E-state index contributed by atoms with van der Waals surface area (Å²) in [5.74, 6) is 1.68. The fourth-order valence-electron chi connectivity index (χ4n) is 3.14. The van der Waals surface area contributed by atoms with Gasteiger partial charge in [0.25, 0.3) is 5.91 Å². The van der Waals surface area contributed by atoms with Crippen LogP contribution in [0.2, 0.25) is 0 Å². The first-order valence-electron chi connectivity index (χ1n) is 8.32. The predicted octanol–water partition coefficient (Wildman–Crippen LogP) is 3.05. The Bertz CT molecular complexity index is 871. The zero-order valence-corrected chi connectivity index (χ0v) is 13.9. The van der Waals surface area contributed by atoms with Crippen molar-refractivity contribution >= 4 is 5.91 Å². The molecular formula is C18H18N4O3. The minimum absolute atomic E-state index is 0.0443. The van der Waals surface area contributed by atoms with E-state index in [0.29, 0.717) is 36.1 Å². The van der Waals surface area contributed by atoms with Crippen LogP contribution in [0.15, 0.2) is 45.6 Å². The van der Waals surface area contributed by atoms with Crippen molar-refractivity contribution in [3.05, 3.63) is 53.7 Å². The van der Waals surface area contributed by atoms with Crippen LogP contribution in [0.3, 0.4) is 0 Å². The third-order valence-electron chi connectivity index (χ3n) is 4.51. The van der Waals surface area contributed by atoms with Crippen LogP contribution in [0, 0.1) is 6.92 Å². The molecule has 1 amide bonds. The Hall–Kier alpha value is -2.96. The zero-order chi connectivity index (χ0) is 17.2. The molecule has 128 valence electrons. The maximum absolute atomic E-state index is 12.6. The average molecular weight is 338 g/mol. The lowest BCUT2D eigenvalue weighted by atomic mass is 9.97. The van der Waals surface area contributed by atoms with Crippen molar-refractivity contribution in [1.29, 1.82) is 0 Å².